The number of ether oxygens (including phenoxy) is 1. The summed E-state index contributed by atoms with van der Waals surface area (Å²) in [4.78, 5) is 27.9. The summed E-state index contributed by atoms with van der Waals surface area (Å²) in [6.45, 7) is 3.42. The van der Waals surface area contributed by atoms with E-state index in [1.54, 1.807) is 82.6 Å². The van der Waals surface area contributed by atoms with Gasteiger partial charge in [-0.05, 0) is 68.7 Å². The fourth-order valence-corrected chi connectivity index (χ4v) is 5.37. The summed E-state index contributed by atoms with van der Waals surface area (Å²) in [6, 6.07) is 22.5. The SMILES string of the molecule is COc1ccc(N(C)C(=O)[C@H](CCc2ccccc2)NC(=O)NS(=O)(=O)N(c2ccccc2)C(C)C)cc1. The normalized spacial score (nSPS) is 11.9. The smallest absolute Gasteiger partial charge is 0.330 e. The molecule has 3 aromatic rings. The number of methoxy groups -OCH3 is 1. The van der Waals surface area contributed by atoms with Crippen molar-refractivity contribution in [2.24, 2.45) is 0 Å². The Bertz CT molecular complexity index is 1300. The summed E-state index contributed by atoms with van der Waals surface area (Å²) < 4.78 is 34.7. The molecule has 0 aliphatic rings. The Hall–Kier alpha value is -4.05. The Balaban J connectivity index is 1.80. The van der Waals surface area contributed by atoms with Crippen molar-refractivity contribution in [3.8, 4) is 5.75 Å². The first-order valence-corrected chi connectivity index (χ1v) is 13.7. The Morgan fingerprint density at radius 2 is 1.45 bits per heavy atom. The van der Waals surface area contributed by atoms with Gasteiger partial charge in [0.25, 0.3) is 0 Å². The number of urea groups is 1. The lowest BCUT2D eigenvalue weighted by Gasteiger charge is -2.29. The van der Waals surface area contributed by atoms with Crippen molar-refractivity contribution in [3.63, 3.8) is 0 Å². The molecule has 0 spiro atoms. The molecule has 0 saturated heterocycles. The predicted molar refractivity (Wildman–Crippen MR) is 150 cm³/mol. The lowest BCUT2D eigenvalue weighted by Crippen LogP contribution is -2.55. The van der Waals surface area contributed by atoms with Crippen LogP contribution in [0.3, 0.4) is 0 Å². The van der Waals surface area contributed by atoms with E-state index >= 15 is 0 Å². The maximum Gasteiger partial charge on any atom is 0.330 e. The molecule has 0 aromatic heterocycles. The Morgan fingerprint density at radius 3 is 2.00 bits per heavy atom. The molecule has 10 heteroatoms. The van der Waals surface area contributed by atoms with Crippen LogP contribution >= 0.6 is 0 Å². The standard InChI is InChI=1S/C28H34N4O5S/c1-21(2)32(24-13-9-6-10-14-24)38(35,36)30-28(34)29-26(20-15-22-11-7-5-8-12-22)27(33)31(3)23-16-18-25(37-4)19-17-23/h5-14,16-19,21,26H,15,20H2,1-4H3,(H2,29,30,34)/t26-/m0/s1. The third-order valence-electron chi connectivity index (χ3n) is 5.92. The highest BCUT2D eigenvalue weighted by Crippen LogP contribution is 2.21. The average Bonchev–Trinajstić information content (AvgIpc) is 2.90. The molecule has 0 bridgehead atoms. The molecule has 9 nitrogen and oxygen atoms in total. The second kappa shape index (κ2) is 13.0. The van der Waals surface area contributed by atoms with Crippen molar-refractivity contribution >= 4 is 33.5 Å². The van der Waals surface area contributed by atoms with Crippen molar-refractivity contribution in [3.05, 3.63) is 90.5 Å². The summed E-state index contributed by atoms with van der Waals surface area (Å²) in [7, 11) is -1.10. The number of nitrogens with zero attached hydrogens (tertiary/aromatic N) is 2. The van der Waals surface area contributed by atoms with Gasteiger partial charge < -0.3 is 15.0 Å². The van der Waals surface area contributed by atoms with Gasteiger partial charge in [-0.2, -0.15) is 8.42 Å². The molecule has 2 N–H and O–H groups in total. The van der Waals surface area contributed by atoms with E-state index in [1.165, 1.54) is 4.90 Å². The summed E-state index contributed by atoms with van der Waals surface area (Å²) in [5.74, 6) is 0.258. The van der Waals surface area contributed by atoms with E-state index < -0.39 is 28.3 Å². The highest BCUT2D eigenvalue weighted by molar-refractivity contribution is 7.91. The number of para-hydroxylation sites is 1. The zero-order valence-corrected chi connectivity index (χ0v) is 22.8. The first kappa shape index (κ1) is 28.5. The fraction of sp³-hybridized carbons (Fsp3) is 0.286. The van der Waals surface area contributed by atoms with Gasteiger partial charge in [-0.3, -0.25) is 9.10 Å². The van der Waals surface area contributed by atoms with E-state index in [4.69, 9.17) is 4.74 Å². The third kappa shape index (κ3) is 7.48. The minimum atomic E-state index is -4.26. The molecular formula is C28H34N4O5S. The first-order chi connectivity index (χ1) is 18.1. The van der Waals surface area contributed by atoms with Crippen LogP contribution in [0.2, 0.25) is 0 Å². The molecule has 0 saturated carbocycles. The summed E-state index contributed by atoms with van der Waals surface area (Å²) in [5.41, 5.74) is 2.01. The maximum absolute atomic E-state index is 13.5. The number of rotatable bonds is 11. The van der Waals surface area contributed by atoms with Crippen molar-refractivity contribution in [1.82, 2.24) is 10.0 Å². The number of aryl methyl sites for hydroxylation is 1. The zero-order chi connectivity index (χ0) is 27.7. The van der Waals surface area contributed by atoms with Crippen LogP contribution in [0.4, 0.5) is 16.2 Å². The van der Waals surface area contributed by atoms with Gasteiger partial charge in [0, 0.05) is 18.8 Å². The van der Waals surface area contributed by atoms with Gasteiger partial charge in [-0.15, -0.1) is 0 Å². The minimum absolute atomic E-state index is 0.267. The molecular weight excluding hydrogens is 504 g/mol. The van der Waals surface area contributed by atoms with Gasteiger partial charge in [0.15, 0.2) is 0 Å². The number of benzene rings is 3. The van der Waals surface area contributed by atoms with Crippen LogP contribution in [-0.4, -0.2) is 46.6 Å². The second-order valence-electron chi connectivity index (χ2n) is 8.98. The van der Waals surface area contributed by atoms with Crippen LogP contribution in [0.25, 0.3) is 0 Å². The molecule has 0 radical (unpaired) electrons. The summed E-state index contributed by atoms with van der Waals surface area (Å²) in [5, 5.41) is 2.59. The molecule has 0 heterocycles. The monoisotopic (exact) mass is 538 g/mol. The lowest BCUT2D eigenvalue weighted by atomic mass is 10.0. The highest BCUT2D eigenvalue weighted by atomic mass is 32.2. The number of carbonyl (C=O) groups excluding carboxylic acids is 2. The highest BCUT2D eigenvalue weighted by Gasteiger charge is 2.30. The molecule has 3 rings (SSSR count). The zero-order valence-electron chi connectivity index (χ0n) is 22.0. The summed E-state index contributed by atoms with van der Waals surface area (Å²) in [6.07, 6.45) is 0.770. The molecule has 0 unspecified atom stereocenters. The third-order valence-corrected chi connectivity index (χ3v) is 7.51. The lowest BCUT2D eigenvalue weighted by molar-refractivity contribution is -0.120. The van der Waals surface area contributed by atoms with Crippen LogP contribution in [0.1, 0.15) is 25.8 Å². The van der Waals surface area contributed by atoms with Crippen molar-refractivity contribution in [2.45, 2.75) is 38.8 Å². The van der Waals surface area contributed by atoms with Gasteiger partial charge in [0.2, 0.25) is 5.91 Å². The summed E-state index contributed by atoms with van der Waals surface area (Å²) >= 11 is 0. The van der Waals surface area contributed by atoms with Crippen LogP contribution in [-0.2, 0) is 21.4 Å². The molecule has 38 heavy (non-hydrogen) atoms. The van der Waals surface area contributed by atoms with Crippen LogP contribution in [0.15, 0.2) is 84.9 Å². The van der Waals surface area contributed by atoms with E-state index in [9.17, 15) is 18.0 Å². The van der Waals surface area contributed by atoms with E-state index in [1.807, 2.05) is 30.3 Å². The number of nitrogens with one attached hydrogen (secondary N) is 2. The van der Waals surface area contributed by atoms with E-state index in [-0.39, 0.29) is 12.3 Å². The first-order valence-electron chi connectivity index (χ1n) is 12.3. The van der Waals surface area contributed by atoms with Crippen LogP contribution in [0.5, 0.6) is 5.75 Å². The fourth-order valence-electron chi connectivity index (χ4n) is 4.02. The molecule has 1 atom stereocenters. The molecule has 0 fully saturated rings. The topological polar surface area (TPSA) is 108 Å². The Kier molecular flexibility index (Phi) is 9.72. The Labute approximate surface area is 224 Å². The number of carbonyl (C=O) groups is 2. The van der Waals surface area contributed by atoms with E-state index in [0.29, 0.717) is 23.5 Å². The second-order valence-corrected chi connectivity index (χ2v) is 10.5. The van der Waals surface area contributed by atoms with Crippen molar-refractivity contribution < 1.29 is 22.7 Å². The van der Waals surface area contributed by atoms with Crippen LogP contribution < -0.4 is 24.0 Å². The average molecular weight is 539 g/mol. The molecule has 3 amide bonds. The molecule has 202 valence electrons. The van der Waals surface area contributed by atoms with Gasteiger partial charge in [0.05, 0.1) is 12.8 Å². The molecule has 3 aromatic carbocycles. The van der Waals surface area contributed by atoms with Gasteiger partial charge in [-0.1, -0.05) is 48.5 Å². The number of anilines is 2. The molecule has 0 aliphatic heterocycles. The minimum Gasteiger partial charge on any atom is -0.497 e. The van der Waals surface area contributed by atoms with Crippen molar-refractivity contribution in [2.75, 3.05) is 23.4 Å². The van der Waals surface area contributed by atoms with Gasteiger partial charge >= 0.3 is 16.2 Å². The van der Waals surface area contributed by atoms with Crippen LogP contribution in [0, 0.1) is 0 Å². The van der Waals surface area contributed by atoms with Gasteiger partial charge in [-0.25, -0.2) is 9.52 Å². The number of hydrogen-bond donors (Lipinski definition) is 2. The Morgan fingerprint density at radius 1 is 0.868 bits per heavy atom. The predicted octanol–water partition coefficient (Wildman–Crippen LogP) is 4.12. The number of amides is 3. The van der Waals surface area contributed by atoms with Crippen molar-refractivity contribution in [1.29, 1.82) is 0 Å². The number of likely N-dealkylation sites (N-methyl/N-ethyl adjacent to an activating group) is 1. The molecule has 0 aliphatic carbocycles. The number of hydrogen-bond acceptors (Lipinski definition) is 5. The van der Waals surface area contributed by atoms with Gasteiger partial charge in [0.1, 0.15) is 11.8 Å². The van der Waals surface area contributed by atoms with E-state index in [0.717, 1.165) is 9.87 Å². The quantitative estimate of drug-likeness (QED) is 0.382. The van der Waals surface area contributed by atoms with E-state index in [2.05, 4.69) is 10.0 Å². The largest absolute Gasteiger partial charge is 0.497 e. The maximum atomic E-state index is 13.5.